The summed E-state index contributed by atoms with van der Waals surface area (Å²) in [6.07, 6.45) is 2.99. The SMILES string of the molecule is CCCC(=O)N(CCc1c[nH]c2ccccc12)[C@@H]1CC(C(=O)NCCO)=C[C@H](Oc2c(I)cc(CO)cc2OC)[C@H]1O. The number of aromatic amines is 1. The maximum atomic E-state index is 13.5. The van der Waals surface area contributed by atoms with Crippen LogP contribution in [0.15, 0.2) is 54.2 Å². The molecule has 0 spiro atoms. The van der Waals surface area contributed by atoms with Crippen LogP contribution >= 0.6 is 22.6 Å². The number of hydrogen-bond donors (Lipinski definition) is 5. The Labute approximate surface area is 258 Å². The van der Waals surface area contributed by atoms with Crippen LogP contribution in [0.3, 0.4) is 0 Å². The van der Waals surface area contributed by atoms with Crippen LogP contribution in [0, 0.1) is 3.57 Å². The molecule has 1 heterocycles. The Morgan fingerprint density at radius 1 is 1.21 bits per heavy atom. The summed E-state index contributed by atoms with van der Waals surface area (Å²) in [5.74, 6) is 0.220. The highest BCUT2D eigenvalue weighted by Crippen LogP contribution is 2.37. The average molecular weight is 692 g/mol. The Morgan fingerprint density at radius 3 is 2.71 bits per heavy atom. The Balaban J connectivity index is 1.68. The molecule has 3 aromatic rings. The van der Waals surface area contributed by atoms with E-state index in [1.165, 1.54) is 7.11 Å². The molecule has 1 aliphatic rings. The third-order valence-electron chi connectivity index (χ3n) is 7.42. The van der Waals surface area contributed by atoms with E-state index in [0.29, 0.717) is 52.0 Å². The number of ether oxygens (including phenoxy) is 2. The summed E-state index contributed by atoms with van der Waals surface area (Å²) in [4.78, 5) is 31.6. The van der Waals surface area contributed by atoms with Gasteiger partial charge in [-0.3, -0.25) is 9.59 Å². The van der Waals surface area contributed by atoms with Crippen LogP contribution in [0.25, 0.3) is 10.9 Å². The third kappa shape index (κ3) is 7.25. The molecule has 1 aliphatic carbocycles. The molecule has 3 atom stereocenters. The van der Waals surface area contributed by atoms with Gasteiger partial charge in [0.2, 0.25) is 11.8 Å². The quantitative estimate of drug-likeness (QED) is 0.174. The number of benzene rings is 2. The Bertz CT molecular complexity index is 1420. The van der Waals surface area contributed by atoms with E-state index in [-0.39, 0.29) is 32.1 Å². The van der Waals surface area contributed by atoms with E-state index in [1.807, 2.05) is 37.4 Å². The van der Waals surface area contributed by atoms with Crippen molar-refractivity contribution in [3.63, 3.8) is 0 Å². The van der Waals surface area contributed by atoms with Gasteiger partial charge in [-0.25, -0.2) is 0 Å². The van der Waals surface area contributed by atoms with Gasteiger partial charge < -0.3 is 40.0 Å². The van der Waals surface area contributed by atoms with Crippen molar-refractivity contribution in [2.45, 2.75) is 57.5 Å². The van der Waals surface area contributed by atoms with Crippen LogP contribution in [0.4, 0.5) is 0 Å². The molecule has 4 rings (SSSR count). The molecule has 1 aromatic heterocycles. The molecule has 0 aliphatic heterocycles. The van der Waals surface area contributed by atoms with Crippen molar-refractivity contribution >= 4 is 45.3 Å². The van der Waals surface area contributed by atoms with Crippen LogP contribution in [-0.2, 0) is 22.6 Å². The highest BCUT2D eigenvalue weighted by Gasteiger charge is 2.40. The van der Waals surface area contributed by atoms with Gasteiger partial charge in [-0.15, -0.1) is 0 Å². The van der Waals surface area contributed by atoms with Crippen molar-refractivity contribution in [1.29, 1.82) is 0 Å². The van der Waals surface area contributed by atoms with Gasteiger partial charge in [0.1, 0.15) is 12.2 Å². The summed E-state index contributed by atoms with van der Waals surface area (Å²) >= 11 is 2.07. The number of aliphatic hydroxyl groups is 3. The normalized spacial score (nSPS) is 18.4. The van der Waals surface area contributed by atoms with Gasteiger partial charge in [-0.2, -0.15) is 0 Å². The van der Waals surface area contributed by atoms with Crippen molar-refractivity contribution in [1.82, 2.24) is 15.2 Å². The van der Waals surface area contributed by atoms with E-state index in [9.17, 15) is 24.9 Å². The first-order valence-corrected chi connectivity index (χ1v) is 15.1. The molecule has 5 N–H and O–H groups in total. The molecular weight excluding hydrogens is 653 g/mol. The van der Waals surface area contributed by atoms with E-state index in [2.05, 4.69) is 32.9 Å². The molecule has 0 saturated heterocycles. The largest absolute Gasteiger partial charge is 0.493 e. The number of nitrogens with one attached hydrogen (secondary N) is 2. The lowest BCUT2D eigenvalue weighted by atomic mass is 9.87. The highest BCUT2D eigenvalue weighted by molar-refractivity contribution is 14.1. The zero-order valence-electron chi connectivity index (χ0n) is 23.8. The van der Waals surface area contributed by atoms with E-state index < -0.39 is 24.2 Å². The van der Waals surface area contributed by atoms with E-state index in [1.54, 1.807) is 23.1 Å². The van der Waals surface area contributed by atoms with Crippen LogP contribution in [0.2, 0.25) is 0 Å². The lowest BCUT2D eigenvalue weighted by molar-refractivity contribution is -0.138. The molecule has 2 amide bonds. The van der Waals surface area contributed by atoms with Crippen LogP contribution < -0.4 is 14.8 Å². The minimum Gasteiger partial charge on any atom is -0.493 e. The van der Waals surface area contributed by atoms with Crippen LogP contribution in [0.1, 0.15) is 37.3 Å². The summed E-state index contributed by atoms with van der Waals surface area (Å²) in [6.45, 7) is 1.94. The lowest BCUT2D eigenvalue weighted by Gasteiger charge is -2.40. The van der Waals surface area contributed by atoms with E-state index in [4.69, 9.17) is 9.47 Å². The topological polar surface area (TPSA) is 144 Å². The second-order valence-electron chi connectivity index (χ2n) is 10.2. The van der Waals surface area contributed by atoms with Gasteiger partial charge in [0, 0.05) is 48.6 Å². The number of rotatable bonds is 13. The van der Waals surface area contributed by atoms with Gasteiger partial charge in [0.05, 0.1) is 29.9 Å². The predicted molar refractivity (Wildman–Crippen MR) is 167 cm³/mol. The lowest BCUT2D eigenvalue weighted by Crippen LogP contribution is -2.55. The fourth-order valence-electron chi connectivity index (χ4n) is 5.31. The molecule has 0 saturated carbocycles. The number of nitrogens with zero attached hydrogens (tertiary/aromatic N) is 1. The number of aromatic nitrogens is 1. The van der Waals surface area contributed by atoms with Crippen molar-refractivity contribution in [2.75, 3.05) is 26.8 Å². The zero-order chi connectivity index (χ0) is 30.2. The third-order valence-corrected chi connectivity index (χ3v) is 8.22. The molecule has 0 radical (unpaired) electrons. The average Bonchev–Trinajstić information content (AvgIpc) is 3.41. The summed E-state index contributed by atoms with van der Waals surface area (Å²) in [5, 5.41) is 34.3. The second-order valence-corrected chi connectivity index (χ2v) is 11.4. The highest BCUT2D eigenvalue weighted by atomic mass is 127. The summed E-state index contributed by atoms with van der Waals surface area (Å²) in [5.41, 5.74) is 3.05. The number of carbonyl (C=O) groups is 2. The smallest absolute Gasteiger partial charge is 0.247 e. The van der Waals surface area contributed by atoms with Crippen molar-refractivity contribution < 1.29 is 34.4 Å². The molecule has 11 heteroatoms. The fraction of sp³-hybridized carbons (Fsp3) is 0.419. The van der Waals surface area contributed by atoms with Gasteiger partial charge in [-0.1, -0.05) is 25.1 Å². The van der Waals surface area contributed by atoms with Gasteiger partial charge in [-0.05, 0) is 70.8 Å². The van der Waals surface area contributed by atoms with Crippen molar-refractivity contribution in [3.8, 4) is 11.5 Å². The number of amides is 2. The molecule has 226 valence electrons. The number of fused-ring (bicyclic) bond motifs is 1. The number of aliphatic hydroxyl groups excluding tert-OH is 3. The number of hydrogen-bond acceptors (Lipinski definition) is 7. The van der Waals surface area contributed by atoms with E-state index in [0.717, 1.165) is 16.5 Å². The standard InChI is InChI=1S/C31H38IN3O7/c1-3-6-28(38)35(11-9-20-17-34-24-8-5-4-7-22(20)24)25-15-21(31(40)33-10-12-36)16-26(29(25)39)42-30-23(32)13-19(18-37)14-27(30)41-2/h4-5,7-8,13-14,16-17,25-26,29,34,36-37,39H,3,6,9-12,15,18H2,1-2H3,(H,33,40)/t25-,26+,29+/m1/s1. The maximum absolute atomic E-state index is 13.5. The first-order chi connectivity index (χ1) is 20.3. The first-order valence-electron chi connectivity index (χ1n) is 14.1. The number of carbonyl (C=O) groups excluding carboxylic acids is 2. The summed E-state index contributed by atoms with van der Waals surface area (Å²) < 4.78 is 12.5. The Morgan fingerprint density at radius 2 is 2.00 bits per heavy atom. The Hall–Kier alpha value is -3.13. The number of halogens is 1. The minimum absolute atomic E-state index is 0.0717. The minimum atomic E-state index is -1.15. The monoisotopic (exact) mass is 691 g/mol. The number of H-pyrrole nitrogens is 1. The van der Waals surface area contributed by atoms with Crippen LogP contribution in [0.5, 0.6) is 11.5 Å². The molecule has 2 aromatic carbocycles. The molecule has 0 bridgehead atoms. The van der Waals surface area contributed by atoms with Gasteiger partial charge in [0.15, 0.2) is 11.5 Å². The second kappa shape index (κ2) is 14.9. The fourth-order valence-corrected chi connectivity index (χ4v) is 6.10. The molecular formula is C31H38IN3O7. The number of methoxy groups -OCH3 is 1. The molecule has 10 nitrogen and oxygen atoms in total. The predicted octanol–water partition coefficient (Wildman–Crippen LogP) is 3.06. The van der Waals surface area contributed by atoms with Gasteiger partial charge >= 0.3 is 0 Å². The molecule has 0 fully saturated rings. The zero-order valence-corrected chi connectivity index (χ0v) is 26.0. The van der Waals surface area contributed by atoms with Crippen molar-refractivity contribution in [2.24, 2.45) is 0 Å². The Kier molecular flexibility index (Phi) is 11.2. The first kappa shape index (κ1) is 31.8. The van der Waals surface area contributed by atoms with Gasteiger partial charge in [0.25, 0.3) is 0 Å². The maximum Gasteiger partial charge on any atom is 0.247 e. The van der Waals surface area contributed by atoms with Crippen LogP contribution in [-0.4, -0.2) is 82.1 Å². The molecule has 0 unspecified atom stereocenters. The summed E-state index contributed by atoms with van der Waals surface area (Å²) in [7, 11) is 1.49. The van der Waals surface area contributed by atoms with Crippen molar-refractivity contribution in [3.05, 3.63) is 68.9 Å². The van der Waals surface area contributed by atoms with E-state index >= 15 is 0 Å². The number of para-hydroxylation sites is 1. The summed E-state index contributed by atoms with van der Waals surface area (Å²) in [6, 6.07) is 10.6. The molecule has 42 heavy (non-hydrogen) atoms.